The van der Waals surface area contributed by atoms with Crippen LogP contribution in [0.1, 0.15) is 31.2 Å². The summed E-state index contributed by atoms with van der Waals surface area (Å²) in [6.45, 7) is 4.12. The Morgan fingerprint density at radius 3 is 2.97 bits per heavy atom. The van der Waals surface area contributed by atoms with Crippen LogP contribution in [0.5, 0.6) is 5.75 Å². The average molecular weight is 487 g/mol. The van der Waals surface area contributed by atoms with E-state index in [1.54, 1.807) is 7.11 Å². The number of benzene rings is 2. The van der Waals surface area contributed by atoms with Gasteiger partial charge >= 0.3 is 0 Å². The maximum atomic E-state index is 13.0. The van der Waals surface area contributed by atoms with Crippen LogP contribution in [0.25, 0.3) is 10.8 Å². The summed E-state index contributed by atoms with van der Waals surface area (Å²) in [7, 11) is 1.68. The number of likely N-dealkylation sites (tertiary alicyclic amines) is 1. The van der Waals surface area contributed by atoms with Crippen LogP contribution in [0.4, 0.5) is 0 Å². The van der Waals surface area contributed by atoms with Gasteiger partial charge in [0.15, 0.2) is 0 Å². The van der Waals surface area contributed by atoms with Crippen molar-refractivity contribution in [1.29, 1.82) is 0 Å². The normalized spacial score (nSPS) is 23.7. The molecule has 0 saturated carbocycles. The lowest BCUT2D eigenvalue weighted by Crippen LogP contribution is -2.41. The van der Waals surface area contributed by atoms with E-state index in [0.717, 1.165) is 43.6 Å². The van der Waals surface area contributed by atoms with Gasteiger partial charge in [-0.05, 0) is 59.3 Å². The van der Waals surface area contributed by atoms with Crippen molar-refractivity contribution < 1.29 is 14.6 Å². The summed E-state index contributed by atoms with van der Waals surface area (Å²) in [4.78, 5) is 17.5. The Hall–Kier alpha value is -2.89. The third-order valence-corrected chi connectivity index (χ3v) is 7.90. The molecule has 5 nitrogen and oxygen atoms in total. The topological polar surface area (TPSA) is 53.0 Å². The SMILES string of the molecule is COc1ccc2c(CC(O)CN3CCCCC(CN4CC=C5C=CC=CC5CC4=O)C3)cccc2c1. The highest BCUT2D eigenvalue weighted by atomic mass is 16.5. The molecule has 2 aromatic carbocycles. The highest BCUT2D eigenvalue weighted by Gasteiger charge is 2.27. The molecule has 2 aliphatic heterocycles. The molecule has 5 heteroatoms. The number of carbonyl (C=O) groups is 1. The van der Waals surface area contributed by atoms with Gasteiger partial charge in [0.2, 0.25) is 5.91 Å². The first-order valence-corrected chi connectivity index (χ1v) is 13.4. The van der Waals surface area contributed by atoms with Crippen LogP contribution in [0.3, 0.4) is 0 Å². The number of hydrogen-bond acceptors (Lipinski definition) is 4. The molecule has 36 heavy (non-hydrogen) atoms. The number of amides is 1. The van der Waals surface area contributed by atoms with Crippen molar-refractivity contribution in [3.8, 4) is 5.75 Å². The summed E-state index contributed by atoms with van der Waals surface area (Å²) >= 11 is 0. The molecule has 0 bridgehead atoms. The minimum absolute atomic E-state index is 0.225. The quantitative estimate of drug-likeness (QED) is 0.613. The summed E-state index contributed by atoms with van der Waals surface area (Å²) in [6, 6.07) is 12.4. The predicted molar refractivity (Wildman–Crippen MR) is 145 cm³/mol. The number of fused-ring (bicyclic) bond motifs is 2. The lowest BCUT2D eigenvalue weighted by molar-refractivity contribution is -0.131. The second kappa shape index (κ2) is 11.4. The minimum Gasteiger partial charge on any atom is -0.497 e. The smallest absolute Gasteiger partial charge is 0.223 e. The number of allylic oxidation sites excluding steroid dienone is 5. The molecule has 3 atom stereocenters. The molecule has 1 fully saturated rings. The van der Waals surface area contributed by atoms with Crippen molar-refractivity contribution in [1.82, 2.24) is 9.80 Å². The first-order chi connectivity index (χ1) is 17.6. The Kier molecular flexibility index (Phi) is 7.88. The van der Waals surface area contributed by atoms with Crippen LogP contribution in [0, 0.1) is 11.8 Å². The van der Waals surface area contributed by atoms with Crippen molar-refractivity contribution >= 4 is 16.7 Å². The van der Waals surface area contributed by atoms with Crippen molar-refractivity contribution in [3.05, 3.63) is 77.9 Å². The fourth-order valence-corrected chi connectivity index (χ4v) is 6.01. The molecule has 1 N–H and O–H groups in total. The maximum Gasteiger partial charge on any atom is 0.223 e. The summed E-state index contributed by atoms with van der Waals surface area (Å²) < 4.78 is 5.37. The summed E-state index contributed by atoms with van der Waals surface area (Å²) in [5, 5.41) is 13.4. The molecule has 0 aromatic heterocycles. The van der Waals surface area contributed by atoms with E-state index in [9.17, 15) is 9.90 Å². The van der Waals surface area contributed by atoms with Gasteiger partial charge in [0.1, 0.15) is 5.75 Å². The largest absolute Gasteiger partial charge is 0.497 e. The zero-order valence-electron chi connectivity index (χ0n) is 21.3. The molecule has 190 valence electrons. The standard InChI is InChI=1S/C31H38N2O3/c1-36-29-12-13-30-26(10-6-11-27(30)18-29)17-28(34)22-32-15-5-4-7-23(20-32)21-33-16-14-24-8-2-3-9-25(24)19-31(33)35/h2-3,6,8-14,18,23,25,28,34H,4-5,7,15-17,19-22H2,1H3. The lowest BCUT2D eigenvalue weighted by atomic mass is 9.92. The number of hydrogen-bond donors (Lipinski definition) is 1. The van der Waals surface area contributed by atoms with Crippen LogP contribution in [0.15, 0.2) is 72.4 Å². The van der Waals surface area contributed by atoms with Crippen LogP contribution in [0.2, 0.25) is 0 Å². The van der Waals surface area contributed by atoms with Gasteiger partial charge in [-0.25, -0.2) is 0 Å². The number of nitrogens with zero attached hydrogens (tertiary/aromatic N) is 2. The average Bonchev–Trinajstić information content (AvgIpc) is 3.20. The Morgan fingerprint density at radius 2 is 2.08 bits per heavy atom. The lowest BCUT2D eigenvalue weighted by Gasteiger charge is -2.30. The Morgan fingerprint density at radius 1 is 1.17 bits per heavy atom. The summed E-state index contributed by atoms with van der Waals surface area (Å²) in [6.07, 6.45) is 14.9. The van der Waals surface area contributed by atoms with Gasteiger partial charge < -0.3 is 19.6 Å². The summed E-state index contributed by atoms with van der Waals surface area (Å²) in [5.74, 6) is 1.78. The Bertz CT molecular complexity index is 1170. The van der Waals surface area contributed by atoms with Crippen LogP contribution >= 0.6 is 0 Å². The zero-order chi connectivity index (χ0) is 24.9. The van der Waals surface area contributed by atoms with Crippen LogP contribution in [-0.2, 0) is 11.2 Å². The molecule has 3 unspecified atom stereocenters. The monoisotopic (exact) mass is 486 g/mol. The molecule has 2 aromatic rings. The van der Waals surface area contributed by atoms with Gasteiger partial charge in [0.05, 0.1) is 13.2 Å². The summed E-state index contributed by atoms with van der Waals surface area (Å²) in [5.41, 5.74) is 2.44. The third-order valence-electron chi connectivity index (χ3n) is 7.90. The van der Waals surface area contributed by atoms with Crippen molar-refractivity contribution in [3.63, 3.8) is 0 Å². The van der Waals surface area contributed by atoms with E-state index in [0.29, 0.717) is 31.8 Å². The van der Waals surface area contributed by atoms with Gasteiger partial charge in [0.25, 0.3) is 0 Å². The van der Waals surface area contributed by atoms with Gasteiger partial charge in [0, 0.05) is 44.9 Å². The number of rotatable bonds is 7. The Balaban J connectivity index is 1.20. The highest BCUT2D eigenvalue weighted by molar-refractivity contribution is 5.87. The molecule has 5 rings (SSSR count). The fourth-order valence-electron chi connectivity index (χ4n) is 6.01. The van der Waals surface area contributed by atoms with Gasteiger partial charge in [-0.3, -0.25) is 4.79 Å². The number of ether oxygens (including phenoxy) is 1. The van der Waals surface area contributed by atoms with E-state index >= 15 is 0 Å². The minimum atomic E-state index is -0.428. The van der Waals surface area contributed by atoms with Gasteiger partial charge in [-0.1, -0.05) is 61.1 Å². The predicted octanol–water partition coefficient (Wildman–Crippen LogP) is 4.75. The van der Waals surface area contributed by atoms with Gasteiger partial charge in [-0.2, -0.15) is 0 Å². The van der Waals surface area contributed by atoms with Crippen molar-refractivity contribution in [2.75, 3.05) is 39.8 Å². The van der Waals surface area contributed by atoms with E-state index in [1.165, 1.54) is 22.9 Å². The molecule has 1 aliphatic carbocycles. The highest BCUT2D eigenvalue weighted by Crippen LogP contribution is 2.28. The number of carbonyl (C=O) groups excluding carboxylic acids is 1. The van der Waals surface area contributed by atoms with Crippen LogP contribution in [-0.4, -0.2) is 66.8 Å². The Labute approximate surface area is 214 Å². The second-order valence-corrected chi connectivity index (χ2v) is 10.5. The molecule has 1 saturated heterocycles. The van der Waals surface area contributed by atoms with E-state index in [4.69, 9.17) is 4.74 Å². The first-order valence-electron chi connectivity index (χ1n) is 13.4. The maximum absolute atomic E-state index is 13.0. The van der Waals surface area contributed by atoms with Gasteiger partial charge in [-0.15, -0.1) is 0 Å². The van der Waals surface area contributed by atoms with Crippen LogP contribution < -0.4 is 4.74 Å². The van der Waals surface area contributed by atoms with Crippen molar-refractivity contribution in [2.45, 2.75) is 38.2 Å². The number of aliphatic hydroxyl groups is 1. The molecular weight excluding hydrogens is 448 g/mol. The third kappa shape index (κ3) is 5.91. The zero-order valence-corrected chi connectivity index (χ0v) is 21.3. The second-order valence-electron chi connectivity index (χ2n) is 10.5. The molecule has 0 radical (unpaired) electrons. The van der Waals surface area contributed by atoms with Crippen molar-refractivity contribution in [2.24, 2.45) is 11.8 Å². The number of aliphatic hydroxyl groups excluding tert-OH is 1. The van der Waals surface area contributed by atoms with E-state index in [1.807, 2.05) is 12.1 Å². The number of β-amino-alcohol motifs (C(OH)–C–C–N with tert-alkyl or cyclic N) is 1. The molecule has 3 aliphatic rings. The van der Waals surface area contributed by atoms with E-state index in [2.05, 4.69) is 64.4 Å². The van der Waals surface area contributed by atoms with E-state index in [-0.39, 0.29) is 11.8 Å². The molecular formula is C31H38N2O3. The molecule has 2 heterocycles. The molecule has 1 amide bonds. The molecule has 0 spiro atoms. The fraction of sp³-hybridized carbons (Fsp3) is 0.452. The van der Waals surface area contributed by atoms with E-state index < -0.39 is 6.10 Å². The number of methoxy groups -OCH3 is 1. The first kappa shape index (κ1) is 24.8.